The molecule has 0 bridgehead atoms. The standard InChI is InChI=1S/C13H16BrN3/c1-17-6-5-13(16-17)9-12(15)8-10-3-2-4-11(14)7-10/h2-7,12H,8-9,15H2,1H3. The predicted molar refractivity (Wildman–Crippen MR) is 72.7 cm³/mol. The van der Waals surface area contributed by atoms with E-state index in [1.807, 2.05) is 31.4 Å². The lowest BCUT2D eigenvalue weighted by atomic mass is 10.0. The molecule has 0 aliphatic carbocycles. The van der Waals surface area contributed by atoms with E-state index in [9.17, 15) is 0 Å². The summed E-state index contributed by atoms with van der Waals surface area (Å²) in [4.78, 5) is 0. The van der Waals surface area contributed by atoms with Crippen molar-refractivity contribution >= 4 is 15.9 Å². The van der Waals surface area contributed by atoms with Crippen LogP contribution in [0.2, 0.25) is 0 Å². The summed E-state index contributed by atoms with van der Waals surface area (Å²) in [5, 5.41) is 4.34. The van der Waals surface area contributed by atoms with Crippen LogP contribution in [0.25, 0.3) is 0 Å². The number of aryl methyl sites for hydroxylation is 1. The van der Waals surface area contributed by atoms with Gasteiger partial charge < -0.3 is 5.73 Å². The molecular formula is C13H16BrN3. The van der Waals surface area contributed by atoms with E-state index in [-0.39, 0.29) is 6.04 Å². The molecule has 1 atom stereocenters. The first-order chi connectivity index (χ1) is 8.13. The Bertz CT molecular complexity index is 493. The zero-order valence-corrected chi connectivity index (χ0v) is 11.4. The van der Waals surface area contributed by atoms with Gasteiger partial charge in [-0.25, -0.2) is 0 Å². The van der Waals surface area contributed by atoms with E-state index >= 15 is 0 Å². The molecule has 1 aromatic heterocycles. The molecule has 0 fully saturated rings. The quantitative estimate of drug-likeness (QED) is 0.940. The first kappa shape index (κ1) is 12.3. The summed E-state index contributed by atoms with van der Waals surface area (Å²) in [6, 6.07) is 10.4. The molecule has 1 unspecified atom stereocenters. The number of nitrogens with two attached hydrogens (primary N) is 1. The fourth-order valence-corrected chi connectivity index (χ4v) is 2.33. The molecule has 0 aliphatic heterocycles. The molecule has 2 aromatic rings. The topological polar surface area (TPSA) is 43.8 Å². The molecule has 2 N–H and O–H groups in total. The molecule has 0 radical (unpaired) electrons. The van der Waals surface area contributed by atoms with Crippen LogP contribution >= 0.6 is 15.9 Å². The molecular weight excluding hydrogens is 278 g/mol. The van der Waals surface area contributed by atoms with Gasteiger partial charge in [0.05, 0.1) is 5.69 Å². The van der Waals surface area contributed by atoms with Crippen LogP contribution in [0.4, 0.5) is 0 Å². The van der Waals surface area contributed by atoms with Gasteiger partial charge in [0.1, 0.15) is 0 Å². The summed E-state index contributed by atoms with van der Waals surface area (Å²) in [6.45, 7) is 0. The Morgan fingerprint density at radius 1 is 1.35 bits per heavy atom. The molecule has 3 nitrogen and oxygen atoms in total. The van der Waals surface area contributed by atoms with Crippen LogP contribution in [0.3, 0.4) is 0 Å². The summed E-state index contributed by atoms with van der Waals surface area (Å²) < 4.78 is 2.90. The molecule has 90 valence electrons. The van der Waals surface area contributed by atoms with Crippen molar-refractivity contribution in [3.05, 3.63) is 52.3 Å². The van der Waals surface area contributed by atoms with Crippen molar-refractivity contribution < 1.29 is 0 Å². The van der Waals surface area contributed by atoms with Crippen LogP contribution in [0.1, 0.15) is 11.3 Å². The van der Waals surface area contributed by atoms with Gasteiger partial charge in [0.15, 0.2) is 0 Å². The minimum atomic E-state index is 0.110. The third-order valence-corrected chi connectivity index (χ3v) is 3.12. The number of halogens is 1. The van der Waals surface area contributed by atoms with Crippen molar-refractivity contribution in [2.75, 3.05) is 0 Å². The van der Waals surface area contributed by atoms with Gasteiger partial charge in [-0.05, 0) is 30.2 Å². The number of aromatic nitrogens is 2. The third-order valence-electron chi connectivity index (χ3n) is 2.63. The van der Waals surface area contributed by atoms with Crippen LogP contribution < -0.4 is 5.73 Å². The zero-order valence-electron chi connectivity index (χ0n) is 9.81. The van der Waals surface area contributed by atoms with Crippen molar-refractivity contribution in [2.24, 2.45) is 12.8 Å². The van der Waals surface area contributed by atoms with Gasteiger partial charge in [0.25, 0.3) is 0 Å². The van der Waals surface area contributed by atoms with Crippen molar-refractivity contribution in [1.82, 2.24) is 9.78 Å². The van der Waals surface area contributed by atoms with E-state index in [2.05, 4.69) is 33.2 Å². The van der Waals surface area contributed by atoms with Gasteiger partial charge >= 0.3 is 0 Å². The van der Waals surface area contributed by atoms with Crippen LogP contribution in [0.5, 0.6) is 0 Å². The smallest absolute Gasteiger partial charge is 0.0640 e. The van der Waals surface area contributed by atoms with Crippen LogP contribution in [-0.4, -0.2) is 15.8 Å². The van der Waals surface area contributed by atoms with Gasteiger partial charge in [0.2, 0.25) is 0 Å². The maximum Gasteiger partial charge on any atom is 0.0640 e. The minimum absolute atomic E-state index is 0.110. The molecule has 2 rings (SSSR count). The van der Waals surface area contributed by atoms with Crippen molar-refractivity contribution in [1.29, 1.82) is 0 Å². The Morgan fingerprint density at radius 3 is 2.82 bits per heavy atom. The first-order valence-corrected chi connectivity index (χ1v) is 6.41. The number of nitrogens with zero attached hydrogens (tertiary/aromatic N) is 2. The van der Waals surface area contributed by atoms with Crippen LogP contribution in [0, 0.1) is 0 Å². The molecule has 1 aromatic carbocycles. The van der Waals surface area contributed by atoms with Crippen LogP contribution in [0.15, 0.2) is 41.0 Å². The monoisotopic (exact) mass is 293 g/mol. The molecule has 0 amide bonds. The highest BCUT2D eigenvalue weighted by atomic mass is 79.9. The average molecular weight is 294 g/mol. The zero-order chi connectivity index (χ0) is 12.3. The SMILES string of the molecule is Cn1ccc(CC(N)Cc2cccc(Br)c2)n1. The number of rotatable bonds is 4. The van der Waals surface area contributed by atoms with Gasteiger partial charge in [-0.3, -0.25) is 4.68 Å². The van der Waals surface area contributed by atoms with E-state index in [1.165, 1.54) is 5.56 Å². The number of benzene rings is 1. The second kappa shape index (κ2) is 5.47. The Labute approximate surface area is 110 Å². The Balaban J connectivity index is 1.95. The molecule has 0 saturated heterocycles. The number of hydrogen-bond acceptors (Lipinski definition) is 2. The second-order valence-corrected chi connectivity index (χ2v) is 5.19. The first-order valence-electron chi connectivity index (χ1n) is 5.62. The molecule has 0 spiro atoms. The van der Waals surface area contributed by atoms with Crippen LogP contribution in [-0.2, 0) is 19.9 Å². The van der Waals surface area contributed by atoms with E-state index < -0.39 is 0 Å². The lowest BCUT2D eigenvalue weighted by molar-refractivity contribution is 0.638. The van der Waals surface area contributed by atoms with Gasteiger partial charge in [0, 0.05) is 30.2 Å². The van der Waals surface area contributed by atoms with E-state index in [1.54, 1.807) is 4.68 Å². The van der Waals surface area contributed by atoms with Gasteiger partial charge in [-0.15, -0.1) is 0 Å². The normalized spacial score (nSPS) is 12.6. The van der Waals surface area contributed by atoms with E-state index in [0.29, 0.717) is 0 Å². The van der Waals surface area contributed by atoms with Crippen molar-refractivity contribution in [3.63, 3.8) is 0 Å². The molecule has 0 saturated carbocycles. The largest absolute Gasteiger partial charge is 0.327 e. The molecule has 4 heteroatoms. The third kappa shape index (κ3) is 3.68. The van der Waals surface area contributed by atoms with Crippen molar-refractivity contribution in [3.8, 4) is 0 Å². The second-order valence-electron chi connectivity index (χ2n) is 4.28. The predicted octanol–water partition coefficient (Wildman–Crippen LogP) is 2.30. The maximum atomic E-state index is 6.13. The van der Waals surface area contributed by atoms with Crippen molar-refractivity contribution in [2.45, 2.75) is 18.9 Å². The Kier molecular flexibility index (Phi) is 3.97. The highest BCUT2D eigenvalue weighted by Gasteiger charge is 2.07. The van der Waals surface area contributed by atoms with E-state index in [0.717, 1.165) is 23.0 Å². The lowest BCUT2D eigenvalue weighted by Gasteiger charge is -2.10. The fourth-order valence-electron chi connectivity index (χ4n) is 1.88. The van der Waals surface area contributed by atoms with Gasteiger partial charge in [-0.2, -0.15) is 5.10 Å². The minimum Gasteiger partial charge on any atom is -0.327 e. The lowest BCUT2D eigenvalue weighted by Crippen LogP contribution is -2.25. The molecule has 1 heterocycles. The summed E-state index contributed by atoms with van der Waals surface area (Å²) in [5.41, 5.74) is 8.44. The Hall–Kier alpha value is -1.13. The maximum absolute atomic E-state index is 6.13. The summed E-state index contributed by atoms with van der Waals surface area (Å²) >= 11 is 3.47. The van der Waals surface area contributed by atoms with Gasteiger partial charge in [-0.1, -0.05) is 28.1 Å². The molecule has 17 heavy (non-hydrogen) atoms. The highest BCUT2D eigenvalue weighted by Crippen LogP contribution is 2.13. The molecule has 0 aliphatic rings. The highest BCUT2D eigenvalue weighted by molar-refractivity contribution is 9.10. The average Bonchev–Trinajstić information content (AvgIpc) is 2.63. The Morgan fingerprint density at radius 2 is 2.18 bits per heavy atom. The summed E-state index contributed by atoms with van der Waals surface area (Å²) in [7, 11) is 1.92. The number of hydrogen-bond donors (Lipinski definition) is 1. The fraction of sp³-hybridized carbons (Fsp3) is 0.308. The van der Waals surface area contributed by atoms with E-state index in [4.69, 9.17) is 5.73 Å². The summed E-state index contributed by atoms with van der Waals surface area (Å²) in [6.07, 6.45) is 3.63. The summed E-state index contributed by atoms with van der Waals surface area (Å²) in [5.74, 6) is 0.